The molecule has 0 bridgehead atoms. The maximum absolute atomic E-state index is 12.1. The number of nitrogens with two attached hydrogens (primary N) is 1. The predicted octanol–water partition coefficient (Wildman–Crippen LogP) is -0.120. The number of hydrogen-bond acceptors (Lipinski definition) is 5. The van der Waals surface area contributed by atoms with Gasteiger partial charge in [-0.15, -0.1) is 0 Å². The number of carbonyl (C=O) groups excluding carboxylic acids is 2. The van der Waals surface area contributed by atoms with Crippen LogP contribution in [-0.2, 0) is 11.3 Å². The molecule has 0 atom stereocenters. The largest absolute Gasteiger partial charge is 0.492 e. The second kappa shape index (κ2) is 7.91. The van der Waals surface area contributed by atoms with Crippen LogP contribution in [0.5, 0.6) is 5.75 Å². The standard InChI is InChI=1S/C16H18N4O4/c1-19(11-14(17)21)16(23)13-7-8-15(22)20(18-13)9-10-24-12-5-3-2-4-6-12/h2-8H,9-11H2,1H3,(H2,17,21). The lowest BCUT2D eigenvalue weighted by atomic mass is 10.3. The third-order valence-corrected chi connectivity index (χ3v) is 3.14. The number of nitrogens with zero attached hydrogens (tertiary/aromatic N) is 3. The van der Waals surface area contributed by atoms with Gasteiger partial charge < -0.3 is 15.4 Å². The van der Waals surface area contributed by atoms with Gasteiger partial charge in [-0.1, -0.05) is 18.2 Å². The number of rotatable bonds is 7. The molecule has 126 valence electrons. The number of benzene rings is 1. The summed E-state index contributed by atoms with van der Waals surface area (Å²) in [5.74, 6) is -0.444. The van der Waals surface area contributed by atoms with Crippen LogP contribution in [0.15, 0.2) is 47.3 Å². The van der Waals surface area contributed by atoms with Crippen molar-refractivity contribution in [2.45, 2.75) is 6.54 Å². The smallest absolute Gasteiger partial charge is 0.274 e. The van der Waals surface area contributed by atoms with Gasteiger partial charge >= 0.3 is 0 Å². The molecular weight excluding hydrogens is 312 g/mol. The van der Waals surface area contributed by atoms with Gasteiger partial charge in [-0.05, 0) is 18.2 Å². The van der Waals surface area contributed by atoms with Gasteiger partial charge in [0.05, 0.1) is 13.1 Å². The lowest BCUT2D eigenvalue weighted by Gasteiger charge is -2.15. The lowest BCUT2D eigenvalue weighted by molar-refractivity contribution is -0.118. The third-order valence-electron chi connectivity index (χ3n) is 3.14. The number of para-hydroxylation sites is 1. The Morgan fingerprint density at radius 1 is 1.21 bits per heavy atom. The first-order chi connectivity index (χ1) is 11.5. The summed E-state index contributed by atoms with van der Waals surface area (Å²) in [5.41, 5.74) is 4.77. The topological polar surface area (TPSA) is 108 Å². The van der Waals surface area contributed by atoms with E-state index in [-0.39, 0.29) is 30.9 Å². The Morgan fingerprint density at radius 2 is 1.92 bits per heavy atom. The number of ether oxygens (including phenoxy) is 1. The molecule has 0 unspecified atom stereocenters. The Morgan fingerprint density at radius 3 is 2.58 bits per heavy atom. The molecule has 0 spiro atoms. The minimum Gasteiger partial charge on any atom is -0.492 e. The second-order valence-electron chi connectivity index (χ2n) is 5.07. The monoisotopic (exact) mass is 330 g/mol. The fourth-order valence-electron chi connectivity index (χ4n) is 1.99. The normalized spacial score (nSPS) is 10.2. The van der Waals surface area contributed by atoms with Crippen molar-refractivity contribution in [2.75, 3.05) is 20.2 Å². The highest BCUT2D eigenvalue weighted by Gasteiger charge is 2.16. The summed E-state index contributed by atoms with van der Waals surface area (Å²) in [4.78, 5) is 36.0. The van der Waals surface area contributed by atoms with E-state index in [0.717, 1.165) is 9.58 Å². The molecule has 1 aromatic heterocycles. The first-order valence-corrected chi connectivity index (χ1v) is 7.27. The van der Waals surface area contributed by atoms with E-state index in [1.807, 2.05) is 18.2 Å². The molecule has 2 amide bonds. The summed E-state index contributed by atoms with van der Waals surface area (Å²) < 4.78 is 6.66. The molecule has 2 N–H and O–H groups in total. The van der Waals surface area contributed by atoms with E-state index in [1.54, 1.807) is 12.1 Å². The van der Waals surface area contributed by atoms with Gasteiger partial charge in [0.2, 0.25) is 5.91 Å². The lowest BCUT2D eigenvalue weighted by Crippen LogP contribution is -2.37. The Hall–Kier alpha value is -3.16. The molecule has 0 aliphatic heterocycles. The number of primary amides is 1. The van der Waals surface area contributed by atoms with Crippen molar-refractivity contribution in [3.63, 3.8) is 0 Å². The Kier molecular flexibility index (Phi) is 5.67. The summed E-state index contributed by atoms with van der Waals surface area (Å²) in [6, 6.07) is 11.7. The molecule has 0 saturated heterocycles. The van der Waals surface area contributed by atoms with Crippen LogP contribution < -0.4 is 16.0 Å². The van der Waals surface area contributed by atoms with Crippen molar-refractivity contribution < 1.29 is 14.3 Å². The molecular formula is C16H18N4O4. The average Bonchev–Trinajstić information content (AvgIpc) is 2.56. The zero-order valence-electron chi connectivity index (χ0n) is 13.2. The number of amides is 2. The molecule has 0 fully saturated rings. The van der Waals surface area contributed by atoms with E-state index in [9.17, 15) is 14.4 Å². The fourth-order valence-corrected chi connectivity index (χ4v) is 1.99. The molecule has 0 aliphatic carbocycles. The molecule has 1 heterocycles. The Bertz CT molecular complexity index is 773. The highest BCUT2D eigenvalue weighted by molar-refractivity contribution is 5.94. The molecule has 0 aliphatic rings. The van der Waals surface area contributed by atoms with Crippen LogP contribution in [0.25, 0.3) is 0 Å². The van der Waals surface area contributed by atoms with Crippen molar-refractivity contribution in [1.82, 2.24) is 14.7 Å². The van der Waals surface area contributed by atoms with E-state index < -0.39 is 11.8 Å². The van der Waals surface area contributed by atoms with Crippen molar-refractivity contribution in [1.29, 1.82) is 0 Å². The number of likely N-dealkylation sites (N-methyl/N-ethyl adjacent to an activating group) is 1. The van der Waals surface area contributed by atoms with Gasteiger partial charge in [-0.3, -0.25) is 14.4 Å². The van der Waals surface area contributed by atoms with E-state index in [2.05, 4.69) is 5.10 Å². The van der Waals surface area contributed by atoms with E-state index in [1.165, 1.54) is 19.2 Å². The molecule has 2 rings (SSSR count). The molecule has 2 aromatic rings. The van der Waals surface area contributed by atoms with Gasteiger partial charge in [0, 0.05) is 13.1 Å². The highest BCUT2D eigenvalue weighted by atomic mass is 16.5. The summed E-state index contributed by atoms with van der Waals surface area (Å²) in [6.45, 7) is 0.191. The number of hydrogen-bond donors (Lipinski definition) is 1. The van der Waals surface area contributed by atoms with Crippen LogP contribution in [0.4, 0.5) is 0 Å². The molecule has 0 radical (unpaired) electrons. The Labute approximate surface area is 138 Å². The molecule has 0 saturated carbocycles. The average molecular weight is 330 g/mol. The van der Waals surface area contributed by atoms with Gasteiger partial charge in [0.15, 0.2) is 0 Å². The van der Waals surface area contributed by atoms with E-state index >= 15 is 0 Å². The maximum atomic E-state index is 12.1. The summed E-state index contributed by atoms with van der Waals surface area (Å²) in [5, 5.41) is 4.01. The summed E-state index contributed by atoms with van der Waals surface area (Å²) in [6.07, 6.45) is 0. The molecule has 1 aromatic carbocycles. The summed E-state index contributed by atoms with van der Waals surface area (Å²) in [7, 11) is 1.43. The maximum Gasteiger partial charge on any atom is 0.274 e. The van der Waals surface area contributed by atoms with Gasteiger partial charge in [-0.25, -0.2) is 4.68 Å². The molecule has 8 nitrogen and oxygen atoms in total. The minimum absolute atomic E-state index is 0.0538. The number of carbonyl (C=O) groups is 2. The van der Waals surface area contributed by atoms with Crippen molar-refractivity contribution in [3.05, 3.63) is 58.5 Å². The van der Waals surface area contributed by atoms with Crippen LogP contribution in [0, 0.1) is 0 Å². The zero-order valence-corrected chi connectivity index (χ0v) is 13.2. The number of aromatic nitrogens is 2. The first kappa shape index (κ1) is 17.2. The summed E-state index contributed by atoms with van der Waals surface area (Å²) >= 11 is 0. The third kappa shape index (κ3) is 4.67. The highest BCUT2D eigenvalue weighted by Crippen LogP contribution is 2.07. The van der Waals surface area contributed by atoms with Gasteiger partial charge in [-0.2, -0.15) is 5.10 Å². The second-order valence-corrected chi connectivity index (χ2v) is 5.07. The molecule has 8 heteroatoms. The van der Waals surface area contributed by atoms with Crippen LogP contribution in [0.3, 0.4) is 0 Å². The van der Waals surface area contributed by atoms with Crippen molar-refractivity contribution in [3.8, 4) is 5.75 Å². The first-order valence-electron chi connectivity index (χ1n) is 7.27. The SMILES string of the molecule is CN(CC(N)=O)C(=O)c1ccc(=O)n(CCOc2ccccc2)n1. The van der Waals surface area contributed by atoms with Crippen LogP contribution in [-0.4, -0.2) is 46.7 Å². The van der Waals surface area contributed by atoms with Crippen LogP contribution in [0.1, 0.15) is 10.5 Å². The van der Waals surface area contributed by atoms with Crippen molar-refractivity contribution >= 4 is 11.8 Å². The zero-order chi connectivity index (χ0) is 17.5. The predicted molar refractivity (Wildman–Crippen MR) is 86.6 cm³/mol. The van der Waals surface area contributed by atoms with E-state index in [4.69, 9.17) is 10.5 Å². The Balaban J connectivity index is 2.04. The van der Waals surface area contributed by atoms with Crippen molar-refractivity contribution in [2.24, 2.45) is 5.73 Å². The van der Waals surface area contributed by atoms with Gasteiger partial charge in [0.1, 0.15) is 18.1 Å². The van der Waals surface area contributed by atoms with Gasteiger partial charge in [0.25, 0.3) is 11.5 Å². The molecule has 24 heavy (non-hydrogen) atoms. The minimum atomic E-state index is -0.629. The quantitative estimate of drug-likeness (QED) is 0.761. The van der Waals surface area contributed by atoms with Crippen LogP contribution >= 0.6 is 0 Å². The van der Waals surface area contributed by atoms with E-state index in [0.29, 0.717) is 5.75 Å². The fraction of sp³-hybridized carbons (Fsp3) is 0.250. The van der Waals surface area contributed by atoms with Crippen LogP contribution in [0.2, 0.25) is 0 Å².